The zero-order valence-corrected chi connectivity index (χ0v) is 15.1. The van der Waals surface area contributed by atoms with Crippen LogP contribution in [0.5, 0.6) is 0 Å². The SMILES string of the molecule is CCC(=O)CC[C@@H](NC(=O)c1ccc(C(C)(C)C)cc1)C(=O)OC. The summed E-state index contributed by atoms with van der Waals surface area (Å²) in [6, 6.07) is 6.47. The highest BCUT2D eigenvalue weighted by Gasteiger charge is 2.23. The zero-order chi connectivity index (χ0) is 18.3. The summed E-state index contributed by atoms with van der Waals surface area (Å²) in [5.74, 6) is -0.846. The third kappa shape index (κ3) is 5.80. The van der Waals surface area contributed by atoms with Crippen LogP contribution in [0.2, 0.25) is 0 Å². The summed E-state index contributed by atoms with van der Waals surface area (Å²) in [5.41, 5.74) is 1.60. The van der Waals surface area contributed by atoms with E-state index in [2.05, 4.69) is 26.1 Å². The van der Waals surface area contributed by atoms with Gasteiger partial charge < -0.3 is 10.1 Å². The van der Waals surface area contributed by atoms with Crippen LogP contribution in [-0.2, 0) is 19.7 Å². The lowest BCUT2D eigenvalue weighted by atomic mass is 9.86. The largest absolute Gasteiger partial charge is 0.467 e. The summed E-state index contributed by atoms with van der Waals surface area (Å²) in [6.45, 7) is 8.06. The van der Waals surface area contributed by atoms with Crippen LogP contribution < -0.4 is 5.32 Å². The number of carbonyl (C=O) groups is 3. The van der Waals surface area contributed by atoms with Crippen LogP contribution in [-0.4, -0.2) is 30.8 Å². The van der Waals surface area contributed by atoms with Crippen molar-refractivity contribution in [3.05, 3.63) is 35.4 Å². The second-order valence-corrected chi connectivity index (χ2v) is 6.81. The summed E-state index contributed by atoms with van der Waals surface area (Å²) >= 11 is 0. The number of rotatable bonds is 7. The Balaban J connectivity index is 2.80. The van der Waals surface area contributed by atoms with E-state index in [4.69, 9.17) is 4.74 Å². The number of esters is 1. The second kappa shape index (κ2) is 8.62. The smallest absolute Gasteiger partial charge is 0.328 e. The molecule has 0 aliphatic carbocycles. The van der Waals surface area contributed by atoms with E-state index < -0.39 is 12.0 Å². The number of methoxy groups -OCH3 is 1. The first-order chi connectivity index (χ1) is 11.2. The average molecular weight is 333 g/mol. The molecule has 1 atom stereocenters. The zero-order valence-electron chi connectivity index (χ0n) is 15.1. The fourth-order valence-electron chi connectivity index (χ4n) is 2.24. The first-order valence-electron chi connectivity index (χ1n) is 8.20. The van der Waals surface area contributed by atoms with Crippen molar-refractivity contribution < 1.29 is 19.1 Å². The van der Waals surface area contributed by atoms with Gasteiger partial charge in [0.15, 0.2) is 0 Å². The van der Waals surface area contributed by atoms with Gasteiger partial charge in [0.1, 0.15) is 11.8 Å². The van der Waals surface area contributed by atoms with Crippen molar-refractivity contribution in [2.75, 3.05) is 7.11 Å². The molecule has 5 heteroatoms. The van der Waals surface area contributed by atoms with Gasteiger partial charge >= 0.3 is 5.97 Å². The molecule has 132 valence electrons. The third-order valence-corrected chi connectivity index (χ3v) is 3.91. The van der Waals surface area contributed by atoms with Gasteiger partial charge in [0.25, 0.3) is 5.91 Å². The molecule has 1 amide bonds. The topological polar surface area (TPSA) is 72.5 Å². The predicted molar refractivity (Wildman–Crippen MR) is 92.9 cm³/mol. The standard InChI is InChI=1S/C19H27NO4/c1-6-15(21)11-12-16(18(23)24-5)20-17(22)13-7-9-14(10-8-13)19(2,3)4/h7-10,16H,6,11-12H2,1-5H3,(H,20,22)/t16-/m1/s1. The Morgan fingerprint density at radius 2 is 1.71 bits per heavy atom. The van der Waals surface area contributed by atoms with Crippen LogP contribution in [0.1, 0.15) is 62.9 Å². The number of Topliss-reactive ketones (excluding diaryl/α,β-unsaturated/α-hetero) is 1. The molecular weight excluding hydrogens is 306 g/mol. The van der Waals surface area contributed by atoms with E-state index >= 15 is 0 Å². The van der Waals surface area contributed by atoms with Crippen LogP contribution in [0.4, 0.5) is 0 Å². The van der Waals surface area contributed by atoms with Gasteiger partial charge in [0, 0.05) is 18.4 Å². The minimum atomic E-state index is -0.819. The molecule has 0 aliphatic heterocycles. The lowest BCUT2D eigenvalue weighted by Crippen LogP contribution is -2.41. The normalized spacial score (nSPS) is 12.4. The molecule has 0 aromatic heterocycles. The number of benzene rings is 1. The van der Waals surface area contributed by atoms with Gasteiger partial charge in [0.05, 0.1) is 7.11 Å². The van der Waals surface area contributed by atoms with E-state index in [1.54, 1.807) is 19.1 Å². The van der Waals surface area contributed by atoms with Gasteiger partial charge in [0.2, 0.25) is 0 Å². The highest BCUT2D eigenvalue weighted by Crippen LogP contribution is 2.22. The quantitative estimate of drug-likeness (QED) is 0.779. The molecule has 0 unspecified atom stereocenters. The van der Waals surface area contributed by atoms with Crippen LogP contribution in [0.3, 0.4) is 0 Å². The Labute approximate surface area is 143 Å². The van der Waals surface area contributed by atoms with Crippen LogP contribution in [0.25, 0.3) is 0 Å². The molecule has 0 saturated carbocycles. The van der Waals surface area contributed by atoms with Crippen molar-refractivity contribution >= 4 is 17.7 Å². The van der Waals surface area contributed by atoms with Gasteiger partial charge in [-0.25, -0.2) is 4.79 Å². The van der Waals surface area contributed by atoms with E-state index in [0.29, 0.717) is 12.0 Å². The number of ether oxygens (including phenoxy) is 1. The van der Waals surface area contributed by atoms with E-state index in [1.807, 2.05) is 12.1 Å². The maximum absolute atomic E-state index is 12.3. The van der Waals surface area contributed by atoms with Gasteiger partial charge in [-0.3, -0.25) is 9.59 Å². The average Bonchev–Trinajstić information content (AvgIpc) is 2.56. The Morgan fingerprint density at radius 3 is 2.17 bits per heavy atom. The molecule has 0 fully saturated rings. The van der Waals surface area contributed by atoms with Crippen molar-refractivity contribution in [2.24, 2.45) is 0 Å². The summed E-state index contributed by atoms with van der Waals surface area (Å²) in [6.07, 6.45) is 0.890. The molecule has 0 bridgehead atoms. The second-order valence-electron chi connectivity index (χ2n) is 6.81. The number of hydrogen-bond donors (Lipinski definition) is 1. The molecule has 1 rings (SSSR count). The molecule has 0 spiro atoms. The first kappa shape index (κ1) is 19.9. The van der Waals surface area contributed by atoms with Crippen LogP contribution >= 0.6 is 0 Å². The van der Waals surface area contributed by atoms with Crippen LogP contribution in [0.15, 0.2) is 24.3 Å². The molecule has 0 aliphatic rings. The molecule has 1 aromatic rings. The fourth-order valence-corrected chi connectivity index (χ4v) is 2.24. The number of hydrogen-bond acceptors (Lipinski definition) is 4. The number of amides is 1. The van der Waals surface area contributed by atoms with Crippen LogP contribution in [0, 0.1) is 0 Å². The predicted octanol–water partition coefficient (Wildman–Crippen LogP) is 3.01. The molecule has 5 nitrogen and oxygen atoms in total. The minimum absolute atomic E-state index is 0.00404. The summed E-state index contributed by atoms with van der Waals surface area (Å²) in [4.78, 5) is 35.6. The molecule has 24 heavy (non-hydrogen) atoms. The summed E-state index contributed by atoms with van der Waals surface area (Å²) in [7, 11) is 1.27. The Morgan fingerprint density at radius 1 is 1.12 bits per heavy atom. The lowest BCUT2D eigenvalue weighted by molar-refractivity contribution is -0.143. The summed E-state index contributed by atoms with van der Waals surface area (Å²) in [5, 5.41) is 2.66. The van der Waals surface area contributed by atoms with E-state index in [1.165, 1.54) is 7.11 Å². The van der Waals surface area contributed by atoms with Crippen molar-refractivity contribution in [1.29, 1.82) is 0 Å². The van der Waals surface area contributed by atoms with Gasteiger partial charge in [-0.15, -0.1) is 0 Å². The number of carbonyl (C=O) groups excluding carboxylic acids is 3. The van der Waals surface area contributed by atoms with Crippen molar-refractivity contribution in [1.82, 2.24) is 5.32 Å². The maximum Gasteiger partial charge on any atom is 0.328 e. The highest BCUT2D eigenvalue weighted by atomic mass is 16.5. The molecule has 0 radical (unpaired) electrons. The monoisotopic (exact) mass is 333 g/mol. The van der Waals surface area contributed by atoms with Gasteiger partial charge in [-0.1, -0.05) is 39.8 Å². The lowest BCUT2D eigenvalue weighted by Gasteiger charge is -2.19. The summed E-state index contributed by atoms with van der Waals surface area (Å²) < 4.78 is 4.71. The fraction of sp³-hybridized carbons (Fsp3) is 0.526. The van der Waals surface area contributed by atoms with Crippen molar-refractivity contribution in [3.8, 4) is 0 Å². The maximum atomic E-state index is 12.3. The minimum Gasteiger partial charge on any atom is -0.467 e. The number of ketones is 1. The van der Waals surface area contributed by atoms with E-state index in [9.17, 15) is 14.4 Å². The molecule has 1 N–H and O–H groups in total. The van der Waals surface area contributed by atoms with Crippen molar-refractivity contribution in [3.63, 3.8) is 0 Å². The molecule has 0 heterocycles. The highest BCUT2D eigenvalue weighted by molar-refractivity contribution is 5.97. The Hall–Kier alpha value is -2.17. The van der Waals surface area contributed by atoms with Crippen molar-refractivity contribution in [2.45, 2.75) is 58.4 Å². The van der Waals surface area contributed by atoms with Gasteiger partial charge in [-0.05, 0) is 29.5 Å². The first-order valence-corrected chi connectivity index (χ1v) is 8.20. The van der Waals surface area contributed by atoms with E-state index in [0.717, 1.165) is 5.56 Å². The van der Waals surface area contributed by atoms with Gasteiger partial charge in [-0.2, -0.15) is 0 Å². The number of nitrogens with one attached hydrogen (secondary N) is 1. The third-order valence-electron chi connectivity index (χ3n) is 3.91. The molecule has 1 aromatic carbocycles. The Kier molecular flexibility index (Phi) is 7.14. The molecular formula is C19H27NO4. The Bertz CT molecular complexity index is 584. The molecule has 0 saturated heterocycles. The van der Waals surface area contributed by atoms with E-state index in [-0.39, 0.29) is 29.9 Å².